The summed E-state index contributed by atoms with van der Waals surface area (Å²) < 4.78 is 31.0. The van der Waals surface area contributed by atoms with Gasteiger partial charge >= 0.3 is 5.97 Å². The van der Waals surface area contributed by atoms with Crippen molar-refractivity contribution in [1.82, 2.24) is 10.2 Å². The van der Waals surface area contributed by atoms with E-state index in [0.717, 1.165) is 0 Å². The highest BCUT2D eigenvalue weighted by Crippen LogP contribution is 2.62. The molecule has 2 aliphatic carbocycles. The number of fused-ring (bicyclic) bond motifs is 1. The molecule has 3 rings (SSSR count). The lowest BCUT2D eigenvalue weighted by Crippen LogP contribution is -2.20. The monoisotopic (exact) mass is 284 g/mol. The van der Waals surface area contributed by atoms with Crippen LogP contribution in [-0.4, -0.2) is 22.1 Å². The van der Waals surface area contributed by atoms with Crippen LogP contribution in [0.25, 0.3) is 0 Å². The molecule has 0 saturated heterocycles. The fraction of sp³-hybridized carbons (Fsp3) is 0.615. The summed E-state index contributed by atoms with van der Waals surface area (Å²) in [7, 11) is 0. The van der Waals surface area contributed by atoms with E-state index in [4.69, 9.17) is 4.74 Å². The average molecular weight is 284 g/mol. The lowest BCUT2D eigenvalue weighted by Gasteiger charge is -2.12. The third-order valence-electron chi connectivity index (χ3n) is 4.02. The van der Waals surface area contributed by atoms with Crippen molar-refractivity contribution in [2.24, 2.45) is 17.8 Å². The quantitative estimate of drug-likeness (QED) is 0.852. The molecule has 0 spiro atoms. The van der Waals surface area contributed by atoms with Crippen molar-refractivity contribution >= 4 is 5.97 Å². The zero-order chi connectivity index (χ0) is 14.5. The average Bonchev–Trinajstić information content (AvgIpc) is 2.87. The van der Waals surface area contributed by atoms with Crippen molar-refractivity contribution in [3.05, 3.63) is 27.7 Å². The number of carbonyl (C=O) groups is 1. The fourth-order valence-electron chi connectivity index (χ4n) is 2.99. The van der Waals surface area contributed by atoms with Gasteiger partial charge in [-0.2, -0.15) is 5.10 Å². The van der Waals surface area contributed by atoms with Crippen LogP contribution in [-0.2, 0) is 16.1 Å². The third kappa shape index (κ3) is 2.32. The molecule has 1 aromatic rings. The van der Waals surface area contributed by atoms with Crippen molar-refractivity contribution in [2.75, 3.05) is 0 Å². The molecule has 2 aliphatic rings. The van der Waals surface area contributed by atoms with Gasteiger partial charge in [0.05, 0.1) is 5.92 Å². The molecule has 3 atom stereocenters. The number of hydrogen-bond acceptors (Lipinski definition) is 4. The normalized spacial score (nSPS) is 29.9. The smallest absolute Gasteiger partial charge is 0.309 e. The molecule has 2 fully saturated rings. The number of ether oxygens (including phenoxy) is 1. The zero-order valence-corrected chi connectivity index (χ0v) is 10.9. The molecule has 1 unspecified atom stereocenters. The summed E-state index contributed by atoms with van der Waals surface area (Å²) in [5.41, 5.74) is 0.417. The van der Waals surface area contributed by atoms with Gasteiger partial charge in [-0.05, 0) is 18.8 Å². The van der Waals surface area contributed by atoms with Gasteiger partial charge < -0.3 is 4.74 Å². The molecule has 2 saturated carbocycles. The Morgan fingerprint density at radius 3 is 2.75 bits per heavy atom. The highest BCUT2D eigenvalue weighted by Gasteiger charge is 2.66. The molecule has 1 aromatic heterocycles. The van der Waals surface area contributed by atoms with E-state index in [1.165, 1.54) is 6.07 Å². The highest BCUT2D eigenvalue weighted by atomic mass is 19.3. The predicted molar refractivity (Wildman–Crippen MR) is 64.0 cm³/mol. The summed E-state index contributed by atoms with van der Waals surface area (Å²) in [5.74, 6) is -4.10. The molecule has 5 nitrogen and oxygen atoms in total. The van der Waals surface area contributed by atoms with E-state index < -0.39 is 17.8 Å². The number of aromatic nitrogens is 2. The van der Waals surface area contributed by atoms with E-state index in [2.05, 4.69) is 10.2 Å². The van der Waals surface area contributed by atoms with Crippen LogP contribution < -0.4 is 5.43 Å². The molecule has 0 amide bonds. The number of H-pyrrole nitrogens is 1. The van der Waals surface area contributed by atoms with Crippen LogP contribution in [0.1, 0.15) is 24.2 Å². The minimum absolute atomic E-state index is 0.111. The van der Waals surface area contributed by atoms with Crippen LogP contribution in [0, 0.1) is 24.7 Å². The number of carbonyl (C=O) groups excluding carboxylic acids is 1. The van der Waals surface area contributed by atoms with E-state index in [0.29, 0.717) is 5.69 Å². The first-order chi connectivity index (χ1) is 9.37. The minimum Gasteiger partial charge on any atom is -0.459 e. The maximum absolute atomic E-state index is 13.0. The molecule has 7 heteroatoms. The van der Waals surface area contributed by atoms with Gasteiger partial charge in [-0.25, -0.2) is 8.78 Å². The standard InChI is InChI=1S/C13H14F2N2O3/c1-6-2-10(18)9(17-16-6)5-20-12(19)11-7-3-13(14,15)4-8(7)11/h2,7-8,11H,3-5H2,1H3,(H,16,18)/t7-,8+,11?. The van der Waals surface area contributed by atoms with E-state index in [1.54, 1.807) is 6.92 Å². The molecule has 20 heavy (non-hydrogen) atoms. The lowest BCUT2D eigenvalue weighted by molar-refractivity contribution is -0.148. The maximum atomic E-state index is 13.0. The Hall–Kier alpha value is -1.79. The number of hydrogen-bond donors (Lipinski definition) is 1. The van der Waals surface area contributed by atoms with E-state index in [1.807, 2.05) is 0 Å². The van der Waals surface area contributed by atoms with Crippen LogP contribution in [0.2, 0.25) is 0 Å². The number of aryl methyl sites for hydroxylation is 1. The molecule has 0 bridgehead atoms. The van der Waals surface area contributed by atoms with E-state index >= 15 is 0 Å². The van der Waals surface area contributed by atoms with E-state index in [-0.39, 0.29) is 42.4 Å². The number of rotatable bonds is 3. The molecule has 108 valence electrons. The number of aromatic amines is 1. The van der Waals surface area contributed by atoms with Crippen molar-refractivity contribution < 1.29 is 18.3 Å². The van der Waals surface area contributed by atoms with Crippen LogP contribution in [0.3, 0.4) is 0 Å². The molecular formula is C13H14F2N2O3. The SMILES string of the molecule is Cc1cc(=O)c(COC(=O)C2[C@H]3CC(F)(F)C[C@@H]23)n[nH]1. The van der Waals surface area contributed by atoms with Gasteiger partial charge in [0, 0.05) is 24.6 Å². The summed E-state index contributed by atoms with van der Waals surface area (Å²) in [5, 5.41) is 6.41. The Balaban J connectivity index is 1.56. The lowest BCUT2D eigenvalue weighted by atomic mass is 10.1. The second-order valence-corrected chi connectivity index (χ2v) is 5.59. The van der Waals surface area contributed by atoms with Crippen molar-refractivity contribution in [1.29, 1.82) is 0 Å². The van der Waals surface area contributed by atoms with Crippen LogP contribution in [0.5, 0.6) is 0 Å². The highest BCUT2D eigenvalue weighted by molar-refractivity contribution is 5.77. The second kappa shape index (κ2) is 4.36. The summed E-state index contributed by atoms with van der Waals surface area (Å²) >= 11 is 0. The number of esters is 1. The second-order valence-electron chi connectivity index (χ2n) is 5.59. The van der Waals surface area contributed by atoms with E-state index in [9.17, 15) is 18.4 Å². The molecule has 1 heterocycles. The Kier molecular flexibility index (Phi) is 2.88. The Morgan fingerprint density at radius 1 is 1.50 bits per heavy atom. The first-order valence-corrected chi connectivity index (χ1v) is 6.47. The van der Waals surface area contributed by atoms with Crippen LogP contribution in [0.15, 0.2) is 10.9 Å². The zero-order valence-electron chi connectivity index (χ0n) is 10.9. The molecular weight excluding hydrogens is 270 g/mol. The number of halogens is 2. The van der Waals surface area contributed by atoms with Gasteiger partial charge in [-0.1, -0.05) is 0 Å². The summed E-state index contributed by atoms with van der Waals surface area (Å²) in [6.45, 7) is 1.47. The Bertz CT molecular complexity index is 600. The molecule has 0 radical (unpaired) electrons. The largest absolute Gasteiger partial charge is 0.459 e. The van der Waals surface area contributed by atoms with Gasteiger partial charge in [0.25, 0.3) is 0 Å². The minimum atomic E-state index is -2.64. The third-order valence-corrected chi connectivity index (χ3v) is 4.02. The maximum Gasteiger partial charge on any atom is 0.309 e. The molecule has 0 aliphatic heterocycles. The summed E-state index contributed by atoms with van der Waals surface area (Å²) in [6.07, 6.45) is -0.471. The fourth-order valence-corrected chi connectivity index (χ4v) is 2.99. The van der Waals surface area contributed by atoms with Gasteiger partial charge in [-0.3, -0.25) is 14.7 Å². The summed E-state index contributed by atoms with van der Waals surface area (Å²) in [6, 6.07) is 1.36. The van der Waals surface area contributed by atoms with Gasteiger partial charge in [-0.15, -0.1) is 0 Å². The van der Waals surface area contributed by atoms with Crippen LogP contribution in [0.4, 0.5) is 8.78 Å². The Labute approximate surface area is 113 Å². The Morgan fingerprint density at radius 2 is 2.15 bits per heavy atom. The predicted octanol–water partition coefficient (Wildman–Crippen LogP) is 1.41. The number of nitrogens with zero attached hydrogens (tertiary/aromatic N) is 1. The van der Waals surface area contributed by atoms with Crippen molar-refractivity contribution in [2.45, 2.75) is 32.3 Å². The van der Waals surface area contributed by atoms with Crippen molar-refractivity contribution in [3.8, 4) is 0 Å². The van der Waals surface area contributed by atoms with Gasteiger partial charge in [0.1, 0.15) is 12.3 Å². The topological polar surface area (TPSA) is 72.1 Å². The number of nitrogens with one attached hydrogen (secondary N) is 1. The van der Waals surface area contributed by atoms with Gasteiger partial charge in [0.2, 0.25) is 11.4 Å². The van der Waals surface area contributed by atoms with Gasteiger partial charge in [0.15, 0.2) is 0 Å². The first-order valence-electron chi connectivity index (χ1n) is 6.47. The molecule has 0 aromatic carbocycles. The van der Waals surface area contributed by atoms with Crippen molar-refractivity contribution in [3.63, 3.8) is 0 Å². The van der Waals surface area contributed by atoms with Crippen LogP contribution >= 0.6 is 0 Å². The summed E-state index contributed by atoms with van der Waals surface area (Å²) in [4.78, 5) is 23.3. The molecule has 1 N–H and O–H groups in total. The number of alkyl halides is 2. The first kappa shape index (κ1) is 13.2.